The number of aryl methyl sites for hydroxylation is 1. The molecule has 0 aromatic heterocycles. The van der Waals surface area contributed by atoms with E-state index in [1.807, 2.05) is 19.1 Å². The van der Waals surface area contributed by atoms with E-state index in [9.17, 15) is 13.2 Å². The maximum absolute atomic E-state index is 12.7. The normalized spacial score (nSPS) is 12.5. The first-order chi connectivity index (χ1) is 11.7. The van der Waals surface area contributed by atoms with Crippen LogP contribution in [0.3, 0.4) is 0 Å². The fourth-order valence-corrected chi connectivity index (χ4v) is 3.95. The predicted octanol–water partition coefficient (Wildman–Crippen LogP) is 3.83. The Morgan fingerprint density at radius 1 is 1.20 bits per heavy atom. The summed E-state index contributed by atoms with van der Waals surface area (Å²) in [6.07, 6.45) is 1.43. The highest BCUT2D eigenvalue weighted by molar-refractivity contribution is 7.92. The lowest BCUT2D eigenvalue weighted by Gasteiger charge is -2.30. The molecule has 0 saturated heterocycles. The first-order valence-electron chi connectivity index (χ1n) is 7.85. The topological polar surface area (TPSA) is 66.5 Å². The van der Waals surface area contributed by atoms with Gasteiger partial charge in [-0.25, -0.2) is 8.42 Å². The Morgan fingerprint density at radius 2 is 1.84 bits per heavy atom. The molecule has 7 heteroatoms. The smallest absolute Gasteiger partial charge is 0.248 e. The Bertz CT molecular complexity index is 851. The summed E-state index contributed by atoms with van der Waals surface area (Å²) in [5.41, 5.74) is 1.99. The number of anilines is 2. The number of rotatable bonds is 6. The van der Waals surface area contributed by atoms with E-state index in [-0.39, 0.29) is 0 Å². The van der Waals surface area contributed by atoms with Gasteiger partial charge in [0.25, 0.3) is 0 Å². The molecule has 2 rings (SSSR count). The zero-order chi connectivity index (χ0) is 18.6. The quantitative estimate of drug-likeness (QED) is 0.828. The van der Waals surface area contributed by atoms with E-state index in [0.29, 0.717) is 22.8 Å². The highest BCUT2D eigenvalue weighted by atomic mass is 35.5. The molecule has 5 nitrogen and oxygen atoms in total. The maximum atomic E-state index is 12.7. The van der Waals surface area contributed by atoms with Crippen molar-refractivity contribution in [2.24, 2.45) is 0 Å². The molecule has 0 aliphatic carbocycles. The molecule has 2 aromatic carbocycles. The molecule has 25 heavy (non-hydrogen) atoms. The molecule has 2 aromatic rings. The molecule has 0 aliphatic heterocycles. The van der Waals surface area contributed by atoms with Crippen LogP contribution in [0.25, 0.3) is 0 Å². The van der Waals surface area contributed by atoms with Crippen LogP contribution < -0.4 is 9.62 Å². The molecular formula is C18H21ClN2O3S. The minimum atomic E-state index is -3.64. The zero-order valence-corrected chi connectivity index (χ0v) is 15.9. The summed E-state index contributed by atoms with van der Waals surface area (Å²) in [5, 5.41) is 3.23. The van der Waals surface area contributed by atoms with Crippen LogP contribution in [-0.2, 0) is 14.8 Å². The van der Waals surface area contributed by atoms with Gasteiger partial charge in [-0.05, 0) is 43.7 Å². The minimum absolute atomic E-state index is 0.327. The van der Waals surface area contributed by atoms with Gasteiger partial charge in [-0.3, -0.25) is 9.10 Å². The first kappa shape index (κ1) is 19.3. The van der Waals surface area contributed by atoms with E-state index in [0.717, 1.165) is 16.1 Å². The van der Waals surface area contributed by atoms with Gasteiger partial charge >= 0.3 is 0 Å². The molecule has 1 amide bonds. The average molecular weight is 381 g/mol. The molecule has 1 atom stereocenters. The van der Waals surface area contributed by atoms with E-state index in [1.165, 1.54) is 0 Å². The average Bonchev–Trinajstić information content (AvgIpc) is 2.52. The molecular weight excluding hydrogens is 360 g/mol. The number of carbonyl (C=O) groups excluding carboxylic acids is 1. The fraction of sp³-hybridized carbons (Fsp3) is 0.278. The Hall–Kier alpha value is -2.05. The van der Waals surface area contributed by atoms with Crippen LogP contribution in [0.2, 0.25) is 5.02 Å². The van der Waals surface area contributed by atoms with Crippen LogP contribution >= 0.6 is 11.6 Å². The number of carbonyl (C=O) groups is 1. The lowest BCUT2D eigenvalue weighted by molar-refractivity contribution is -0.117. The molecule has 0 fully saturated rings. The highest BCUT2D eigenvalue weighted by Gasteiger charge is 2.31. The third-order valence-electron chi connectivity index (χ3n) is 3.71. The summed E-state index contributed by atoms with van der Waals surface area (Å²) >= 11 is 5.93. The summed E-state index contributed by atoms with van der Waals surface area (Å²) < 4.78 is 25.9. The van der Waals surface area contributed by atoms with E-state index in [2.05, 4.69) is 5.32 Å². The van der Waals surface area contributed by atoms with Gasteiger partial charge in [0, 0.05) is 10.7 Å². The van der Waals surface area contributed by atoms with Crippen LogP contribution in [0.15, 0.2) is 48.5 Å². The third-order valence-corrected chi connectivity index (χ3v) is 5.13. The molecule has 0 saturated carbocycles. The first-order valence-corrected chi connectivity index (χ1v) is 10.1. The van der Waals surface area contributed by atoms with Crippen LogP contribution in [-0.4, -0.2) is 26.6 Å². The van der Waals surface area contributed by atoms with Crippen molar-refractivity contribution in [1.82, 2.24) is 0 Å². The third kappa shape index (κ3) is 4.96. The van der Waals surface area contributed by atoms with E-state index in [4.69, 9.17) is 11.6 Å². The molecule has 0 radical (unpaired) electrons. The maximum Gasteiger partial charge on any atom is 0.248 e. The molecule has 0 spiro atoms. The lowest BCUT2D eigenvalue weighted by atomic mass is 10.1. The fourth-order valence-electron chi connectivity index (χ4n) is 2.54. The van der Waals surface area contributed by atoms with Gasteiger partial charge < -0.3 is 5.32 Å². The van der Waals surface area contributed by atoms with E-state index >= 15 is 0 Å². The van der Waals surface area contributed by atoms with Crippen molar-refractivity contribution in [1.29, 1.82) is 0 Å². The van der Waals surface area contributed by atoms with Gasteiger partial charge in [0.2, 0.25) is 15.9 Å². The van der Waals surface area contributed by atoms with Crippen LogP contribution in [0.1, 0.15) is 18.9 Å². The molecule has 134 valence electrons. The van der Waals surface area contributed by atoms with Crippen molar-refractivity contribution in [2.75, 3.05) is 15.9 Å². The Morgan fingerprint density at radius 3 is 2.36 bits per heavy atom. The van der Waals surface area contributed by atoms with Gasteiger partial charge in [-0.2, -0.15) is 0 Å². The molecule has 0 heterocycles. The summed E-state index contributed by atoms with van der Waals surface area (Å²) in [6, 6.07) is 12.9. The van der Waals surface area contributed by atoms with Crippen LogP contribution in [0.5, 0.6) is 0 Å². The number of nitrogens with one attached hydrogen (secondary N) is 1. The standard InChI is InChI=1S/C18H21ClN2O3S/c1-4-17(18(22)20-15-7-5-6-14(19)12-15)21(25(3,23)24)16-10-8-13(2)9-11-16/h5-12,17H,4H2,1-3H3,(H,20,22)/t17-/m1/s1. The second kappa shape index (κ2) is 7.89. The number of hydrogen-bond donors (Lipinski definition) is 1. The molecule has 1 N–H and O–H groups in total. The Labute approximate surface area is 153 Å². The number of nitrogens with zero attached hydrogens (tertiary/aromatic N) is 1. The monoisotopic (exact) mass is 380 g/mol. The number of benzene rings is 2. The largest absolute Gasteiger partial charge is 0.324 e. The van der Waals surface area contributed by atoms with Gasteiger partial charge in [-0.15, -0.1) is 0 Å². The predicted molar refractivity (Wildman–Crippen MR) is 103 cm³/mol. The van der Waals surface area contributed by atoms with Crippen molar-refractivity contribution in [3.8, 4) is 0 Å². The van der Waals surface area contributed by atoms with E-state index < -0.39 is 22.0 Å². The van der Waals surface area contributed by atoms with Gasteiger partial charge in [-0.1, -0.05) is 42.3 Å². The summed E-state index contributed by atoms with van der Waals surface area (Å²) in [4.78, 5) is 12.7. The van der Waals surface area contributed by atoms with Crippen LogP contribution in [0, 0.1) is 6.92 Å². The second-order valence-electron chi connectivity index (χ2n) is 5.82. The van der Waals surface area contributed by atoms with Gasteiger partial charge in [0.1, 0.15) is 6.04 Å². The number of halogens is 1. The molecule has 0 aliphatic rings. The van der Waals surface area contributed by atoms with Gasteiger partial charge in [0.05, 0.1) is 11.9 Å². The Kier molecular flexibility index (Phi) is 6.08. The van der Waals surface area contributed by atoms with E-state index in [1.54, 1.807) is 43.3 Å². The lowest BCUT2D eigenvalue weighted by Crippen LogP contribution is -2.47. The second-order valence-corrected chi connectivity index (χ2v) is 8.11. The van der Waals surface area contributed by atoms with Gasteiger partial charge in [0.15, 0.2) is 0 Å². The summed E-state index contributed by atoms with van der Waals surface area (Å²) in [7, 11) is -3.64. The highest BCUT2D eigenvalue weighted by Crippen LogP contribution is 2.24. The van der Waals surface area contributed by atoms with Crippen molar-refractivity contribution in [2.45, 2.75) is 26.3 Å². The number of amides is 1. The minimum Gasteiger partial charge on any atom is -0.324 e. The van der Waals surface area contributed by atoms with Crippen molar-refractivity contribution in [3.63, 3.8) is 0 Å². The van der Waals surface area contributed by atoms with Crippen molar-refractivity contribution >= 4 is 38.9 Å². The summed E-state index contributed by atoms with van der Waals surface area (Å²) in [5.74, 6) is -0.407. The molecule has 0 bridgehead atoms. The Balaban J connectivity index is 2.36. The summed E-state index contributed by atoms with van der Waals surface area (Å²) in [6.45, 7) is 3.69. The van der Waals surface area contributed by atoms with Crippen molar-refractivity contribution < 1.29 is 13.2 Å². The molecule has 0 unspecified atom stereocenters. The number of sulfonamides is 1. The SMILES string of the molecule is CC[C@H](C(=O)Nc1cccc(Cl)c1)N(c1ccc(C)cc1)S(C)(=O)=O. The zero-order valence-electron chi connectivity index (χ0n) is 14.4. The van der Waals surface area contributed by atoms with Crippen molar-refractivity contribution in [3.05, 3.63) is 59.1 Å². The van der Waals surface area contributed by atoms with Crippen LogP contribution in [0.4, 0.5) is 11.4 Å². The number of hydrogen-bond acceptors (Lipinski definition) is 3.